The van der Waals surface area contributed by atoms with Crippen molar-refractivity contribution in [2.24, 2.45) is 11.3 Å². The van der Waals surface area contributed by atoms with Crippen molar-refractivity contribution in [3.63, 3.8) is 0 Å². The van der Waals surface area contributed by atoms with Gasteiger partial charge in [-0.1, -0.05) is 65.0 Å². The summed E-state index contributed by atoms with van der Waals surface area (Å²) in [5, 5.41) is 0. The lowest BCUT2D eigenvalue weighted by Gasteiger charge is -2.32. The maximum absolute atomic E-state index is 14.9. The molecule has 2 aromatic rings. The molecule has 0 radical (unpaired) electrons. The van der Waals surface area contributed by atoms with Crippen molar-refractivity contribution in [3.05, 3.63) is 47.8 Å². The topological polar surface area (TPSA) is 80.3 Å². The Morgan fingerprint density at radius 1 is 0.902 bits per heavy atom. The van der Waals surface area contributed by atoms with Gasteiger partial charge in [-0.2, -0.15) is 0 Å². The number of carbonyl (C=O) groups excluding carboxylic acids is 2. The van der Waals surface area contributed by atoms with Gasteiger partial charge >= 0.3 is 12.1 Å². The van der Waals surface area contributed by atoms with Crippen LogP contribution in [0.15, 0.2) is 36.4 Å². The summed E-state index contributed by atoms with van der Waals surface area (Å²) in [6.07, 6.45) is 7.42. The summed E-state index contributed by atoms with van der Waals surface area (Å²) in [6.45, 7) is 9.22. The molecule has 1 saturated heterocycles. The Bertz CT molecular complexity index is 1120. The number of ether oxygens (including phenoxy) is 5. The van der Waals surface area contributed by atoms with E-state index in [1.54, 1.807) is 19.9 Å². The van der Waals surface area contributed by atoms with Gasteiger partial charge in [0.05, 0.1) is 24.5 Å². The number of carbonyl (C=O) groups is 2. The lowest BCUT2D eigenvalue weighted by molar-refractivity contribution is -0.147. The SMILES string of the molecule is CCCCCCCCOc1ccc(-c2ccc(OCC3(C)COC(=O)OC3)c(CCCOC(=O)C(C)C)c2)cc1F. The van der Waals surface area contributed by atoms with Gasteiger partial charge in [0.2, 0.25) is 0 Å². The number of rotatable bonds is 17. The van der Waals surface area contributed by atoms with Crippen LogP contribution in [0.2, 0.25) is 0 Å². The van der Waals surface area contributed by atoms with E-state index < -0.39 is 17.4 Å². The van der Waals surface area contributed by atoms with Crippen LogP contribution in [0.25, 0.3) is 11.1 Å². The zero-order valence-corrected chi connectivity index (χ0v) is 25.0. The molecular weight excluding hydrogens is 527 g/mol. The molecule has 3 rings (SSSR count). The predicted molar refractivity (Wildman–Crippen MR) is 156 cm³/mol. The summed E-state index contributed by atoms with van der Waals surface area (Å²) >= 11 is 0. The van der Waals surface area contributed by atoms with Gasteiger partial charge in [0.1, 0.15) is 25.6 Å². The molecule has 0 aliphatic carbocycles. The van der Waals surface area contributed by atoms with Crippen molar-refractivity contribution in [1.82, 2.24) is 0 Å². The summed E-state index contributed by atoms with van der Waals surface area (Å²) in [4.78, 5) is 23.1. The summed E-state index contributed by atoms with van der Waals surface area (Å²) in [6, 6.07) is 10.8. The molecule has 2 aromatic carbocycles. The molecule has 0 unspecified atom stereocenters. The average molecular weight is 573 g/mol. The lowest BCUT2D eigenvalue weighted by Crippen LogP contribution is -2.41. The van der Waals surface area contributed by atoms with Crippen molar-refractivity contribution in [2.75, 3.05) is 33.0 Å². The summed E-state index contributed by atoms with van der Waals surface area (Å²) in [5.41, 5.74) is 2.00. The Balaban J connectivity index is 1.67. The number of esters is 1. The Morgan fingerprint density at radius 3 is 2.24 bits per heavy atom. The smallest absolute Gasteiger partial charge is 0.492 e. The number of hydrogen-bond acceptors (Lipinski definition) is 7. The van der Waals surface area contributed by atoms with Crippen molar-refractivity contribution in [3.8, 4) is 22.6 Å². The molecule has 226 valence electrons. The third-order valence-corrected chi connectivity index (χ3v) is 7.04. The van der Waals surface area contributed by atoms with Gasteiger partial charge in [-0.05, 0) is 67.1 Å². The lowest BCUT2D eigenvalue weighted by atomic mass is 9.93. The third-order valence-electron chi connectivity index (χ3n) is 7.04. The molecule has 0 saturated carbocycles. The van der Waals surface area contributed by atoms with Crippen LogP contribution in [0.1, 0.15) is 78.2 Å². The molecular formula is C33H45FO7. The maximum atomic E-state index is 14.9. The van der Waals surface area contributed by atoms with E-state index in [0.29, 0.717) is 31.8 Å². The molecule has 41 heavy (non-hydrogen) atoms. The highest BCUT2D eigenvalue weighted by Crippen LogP contribution is 2.32. The molecule has 0 bridgehead atoms. The van der Waals surface area contributed by atoms with Crippen molar-refractivity contribution >= 4 is 12.1 Å². The second-order valence-electron chi connectivity index (χ2n) is 11.4. The molecule has 1 fully saturated rings. The highest BCUT2D eigenvalue weighted by atomic mass is 19.1. The van der Waals surface area contributed by atoms with E-state index >= 15 is 0 Å². The normalized spacial score (nSPS) is 14.3. The zero-order valence-electron chi connectivity index (χ0n) is 25.0. The number of cyclic esters (lactones) is 2. The van der Waals surface area contributed by atoms with E-state index in [0.717, 1.165) is 29.5 Å². The van der Waals surface area contributed by atoms with Gasteiger partial charge in [0.25, 0.3) is 0 Å². The molecule has 0 N–H and O–H groups in total. The second-order valence-corrected chi connectivity index (χ2v) is 11.4. The first-order valence-electron chi connectivity index (χ1n) is 14.9. The van der Waals surface area contributed by atoms with Crippen molar-refractivity contribution in [2.45, 2.75) is 79.1 Å². The fourth-order valence-electron chi connectivity index (χ4n) is 4.44. The fourth-order valence-corrected chi connectivity index (χ4v) is 4.44. The van der Waals surface area contributed by atoms with E-state index in [4.69, 9.17) is 23.7 Å². The van der Waals surface area contributed by atoms with Crippen LogP contribution < -0.4 is 9.47 Å². The van der Waals surface area contributed by atoms with E-state index in [1.165, 1.54) is 31.7 Å². The number of halogens is 1. The van der Waals surface area contributed by atoms with Crippen LogP contribution >= 0.6 is 0 Å². The van der Waals surface area contributed by atoms with E-state index in [1.807, 2.05) is 31.2 Å². The van der Waals surface area contributed by atoms with Gasteiger partial charge in [-0.3, -0.25) is 4.79 Å². The Morgan fingerprint density at radius 2 is 1.56 bits per heavy atom. The second kappa shape index (κ2) is 16.2. The monoisotopic (exact) mass is 572 g/mol. The first-order valence-corrected chi connectivity index (χ1v) is 14.9. The quantitative estimate of drug-likeness (QED) is 0.141. The number of hydrogen-bond donors (Lipinski definition) is 0. The minimum absolute atomic E-state index is 0.183. The number of benzene rings is 2. The summed E-state index contributed by atoms with van der Waals surface area (Å²) < 4.78 is 42.3. The van der Waals surface area contributed by atoms with Crippen LogP contribution in [0.3, 0.4) is 0 Å². The van der Waals surface area contributed by atoms with Gasteiger partial charge in [0.15, 0.2) is 11.6 Å². The first-order chi connectivity index (χ1) is 19.7. The highest BCUT2D eigenvalue weighted by Gasteiger charge is 2.34. The average Bonchev–Trinajstić information content (AvgIpc) is 2.96. The van der Waals surface area contributed by atoms with Crippen LogP contribution in [0, 0.1) is 17.2 Å². The van der Waals surface area contributed by atoms with E-state index in [9.17, 15) is 14.0 Å². The molecule has 7 nitrogen and oxygen atoms in total. The van der Waals surface area contributed by atoms with Crippen LogP contribution in [0.5, 0.6) is 11.5 Å². The van der Waals surface area contributed by atoms with E-state index in [-0.39, 0.29) is 37.5 Å². The zero-order chi connectivity index (χ0) is 29.7. The van der Waals surface area contributed by atoms with Gasteiger partial charge in [-0.15, -0.1) is 0 Å². The third kappa shape index (κ3) is 10.6. The standard InChI is InChI=1S/C33H45FO7/c1-5-6-7-8-9-10-17-37-30-16-14-26(20-28(30)34)25-13-15-29(39-21-33(4)22-40-32(36)41-23-33)27(19-25)12-11-18-38-31(35)24(2)3/h13-16,19-20,24H,5-12,17-18,21-23H2,1-4H3. The molecule has 1 aliphatic rings. The van der Waals surface area contributed by atoms with Crippen LogP contribution in [0.4, 0.5) is 9.18 Å². The van der Waals surface area contributed by atoms with Gasteiger partial charge < -0.3 is 23.7 Å². The van der Waals surface area contributed by atoms with Crippen LogP contribution in [-0.2, 0) is 25.4 Å². The molecule has 0 spiro atoms. The Hall–Kier alpha value is -3.29. The molecule has 1 aliphatic heterocycles. The van der Waals surface area contributed by atoms with Gasteiger partial charge in [0, 0.05) is 0 Å². The largest absolute Gasteiger partial charge is 0.508 e. The molecule has 1 heterocycles. The van der Waals surface area contributed by atoms with Gasteiger partial charge in [-0.25, -0.2) is 9.18 Å². The fraction of sp³-hybridized carbons (Fsp3) is 0.576. The van der Waals surface area contributed by atoms with Crippen molar-refractivity contribution in [1.29, 1.82) is 0 Å². The molecule has 8 heteroatoms. The molecule has 0 aromatic heterocycles. The Labute approximate surface area is 243 Å². The van der Waals surface area contributed by atoms with E-state index in [2.05, 4.69) is 6.92 Å². The van der Waals surface area contributed by atoms with Crippen LogP contribution in [-0.4, -0.2) is 45.2 Å². The summed E-state index contributed by atoms with van der Waals surface area (Å²) in [7, 11) is 0. The number of unbranched alkanes of at least 4 members (excludes halogenated alkanes) is 5. The molecule has 0 amide bonds. The number of aryl methyl sites for hydroxylation is 1. The first kappa shape index (κ1) is 32.2. The maximum Gasteiger partial charge on any atom is 0.508 e. The molecule has 0 atom stereocenters. The predicted octanol–water partition coefficient (Wildman–Crippen LogP) is 7.92. The minimum Gasteiger partial charge on any atom is -0.492 e. The van der Waals surface area contributed by atoms with Crippen molar-refractivity contribution < 1.29 is 37.7 Å². The highest BCUT2D eigenvalue weighted by molar-refractivity contribution is 5.71. The summed E-state index contributed by atoms with van der Waals surface area (Å²) in [5.74, 6) is 0.122. The minimum atomic E-state index is -0.672. The Kier molecular flexibility index (Phi) is 12.8.